The Labute approximate surface area is 109 Å². The highest BCUT2D eigenvalue weighted by Gasteiger charge is 2.26. The third kappa shape index (κ3) is 3.34. The molecule has 0 bridgehead atoms. The van der Waals surface area contributed by atoms with E-state index in [0.717, 1.165) is 12.3 Å². The Bertz CT molecular complexity index is 588. The van der Waals surface area contributed by atoms with Gasteiger partial charge < -0.3 is 14.8 Å². The van der Waals surface area contributed by atoms with E-state index in [0.29, 0.717) is 12.8 Å². The van der Waals surface area contributed by atoms with Gasteiger partial charge in [0.1, 0.15) is 16.1 Å². The number of rotatable bonds is 3. The molecule has 1 fully saturated rings. The molecule has 2 heterocycles. The molecule has 1 aromatic rings. The standard InChI is InChI=1S/C11H13NO6S/c13-10(9-5-7(6-18-9)11(14)15)12-8-1-3-19(16,17)4-2-8/h5-6,8H,1-4H2,(H,12,13)(H,14,15). The van der Waals surface area contributed by atoms with Gasteiger partial charge in [-0.2, -0.15) is 0 Å². The van der Waals surface area contributed by atoms with Crippen molar-refractivity contribution in [1.82, 2.24) is 5.32 Å². The van der Waals surface area contributed by atoms with Gasteiger partial charge in [-0.3, -0.25) is 4.79 Å². The molecule has 19 heavy (non-hydrogen) atoms. The van der Waals surface area contributed by atoms with Crippen LogP contribution in [0.2, 0.25) is 0 Å². The van der Waals surface area contributed by atoms with Crippen LogP contribution >= 0.6 is 0 Å². The highest BCUT2D eigenvalue weighted by atomic mass is 32.2. The van der Waals surface area contributed by atoms with E-state index in [4.69, 9.17) is 9.52 Å². The predicted octanol–water partition coefficient (Wildman–Crippen LogP) is 0.285. The summed E-state index contributed by atoms with van der Waals surface area (Å²) in [5.41, 5.74) is -0.101. The number of nitrogens with one attached hydrogen (secondary N) is 1. The van der Waals surface area contributed by atoms with E-state index in [1.54, 1.807) is 0 Å². The van der Waals surface area contributed by atoms with Crippen LogP contribution in [0.3, 0.4) is 0 Å². The zero-order valence-corrected chi connectivity index (χ0v) is 10.8. The van der Waals surface area contributed by atoms with Crippen LogP contribution in [0.1, 0.15) is 33.8 Å². The molecular weight excluding hydrogens is 274 g/mol. The number of hydrogen-bond acceptors (Lipinski definition) is 5. The van der Waals surface area contributed by atoms with Gasteiger partial charge in [-0.1, -0.05) is 0 Å². The van der Waals surface area contributed by atoms with E-state index in [9.17, 15) is 18.0 Å². The fourth-order valence-corrected chi connectivity index (χ4v) is 3.35. The minimum absolute atomic E-state index is 0.0521. The van der Waals surface area contributed by atoms with Crippen molar-refractivity contribution in [1.29, 1.82) is 0 Å². The number of sulfone groups is 1. The van der Waals surface area contributed by atoms with E-state index in [1.807, 2.05) is 0 Å². The lowest BCUT2D eigenvalue weighted by Gasteiger charge is -2.22. The number of carboxylic acids is 1. The Balaban J connectivity index is 1.96. The SMILES string of the molecule is O=C(O)c1coc(C(=O)NC2CCS(=O)(=O)CC2)c1. The Kier molecular flexibility index (Phi) is 3.61. The summed E-state index contributed by atoms with van der Waals surface area (Å²) in [6.45, 7) is 0. The molecule has 2 rings (SSSR count). The average molecular weight is 287 g/mol. The maximum absolute atomic E-state index is 11.8. The van der Waals surface area contributed by atoms with Crippen molar-refractivity contribution in [3.05, 3.63) is 23.7 Å². The number of amides is 1. The van der Waals surface area contributed by atoms with Gasteiger partial charge >= 0.3 is 5.97 Å². The molecule has 7 nitrogen and oxygen atoms in total. The molecule has 2 N–H and O–H groups in total. The second-order valence-corrected chi connectivity index (χ2v) is 6.71. The highest BCUT2D eigenvalue weighted by Crippen LogP contribution is 2.14. The molecule has 0 spiro atoms. The molecule has 1 saturated heterocycles. The number of carboxylic acid groups (broad SMARTS) is 1. The van der Waals surface area contributed by atoms with Crippen LogP contribution in [0.25, 0.3) is 0 Å². The Hall–Kier alpha value is -1.83. The smallest absolute Gasteiger partial charge is 0.338 e. The molecule has 1 amide bonds. The molecule has 0 atom stereocenters. The number of furan rings is 1. The summed E-state index contributed by atoms with van der Waals surface area (Å²) >= 11 is 0. The first-order chi connectivity index (χ1) is 8.87. The third-order valence-corrected chi connectivity index (χ3v) is 4.68. The quantitative estimate of drug-likeness (QED) is 0.825. The minimum Gasteiger partial charge on any atom is -0.478 e. The lowest BCUT2D eigenvalue weighted by Crippen LogP contribution is -2.40. The van der Waals surface area contributed by atoms with Gasteiger partial charge in [-0.25, -0.2) is 13.2 Å². The summed E-state index contributed by atoms with van der Waals surface area (Å²) in [5, 5.41) is 11.3. The molecule has 0 radical (unpaired) electrons. The van der Waals surface area contributed by atoms with Crippen LogP contribution in [-0.4, -0.2) is 42.9 Å². The van der Waals surface area contributed by atoms with Crippen molar-refractivity contribution in [3.63, 3.8) is 0 Å². The molecule has 0 aromatic carbocycles. The maximum atomic E-state index is 11.8. The summed E-state index contributed by atoms with van der Waals surface area (Å²) < 4.78 is 27.3. The van der Waals surface area contributed by atoms with Gasteiger partial charge in [-0.15, -0.1) is 0 Å². The lowest BCUT2D eigenvalue weighted by molar-refractivity contribution is 0.0695. The molecule has 1 aliphatic rings. The predicted molar refractivity (Wildman–Crippen MR) is 64.8 cm³/mol. The van der Waals surface area contributed by atoms with Crippen LogP contribution < -0.4 is 5.32 Å². The zero-order chi connectivity index (χ0) is 14.0. The number of carbonyl (C=O) groups is 2. The van der Waals surface area contributed by atoms with Crippen LogP contribution in [0.5, 0.6) is 0 Å². The minimum atomic E-state index is -2.98. The summed E-state index contributed by atoms with van der Waals surface area (Å²) in [6.07, 6.45) is 1.71. The highest BCUT2D eigenvalue weighted by molar-refractivity contribution is 7.91. The largest absolute Gasteiger partial charge is 0.478 e. The first kappa shape index (κ1) is 13.6. The van der Waals surface area contributed by atoms with Crippen molar-refractivity contribution in [2.75, 3.05) is 11.5 Å². The van der Waals surface area contributed by atoms with Crippen molar-refractivity contribution >= 4 is 21.7 Å². The van der Waals surface area contributed by atoms with E-state index in [1.165, 1.54) is 0 Å². The van der Waals surface area contributed by atoms with Crippen LogP contribution in [-0.2, 0) is 9.84 Å². The maximum Gasteiger partial charge on any atom is 0.338 e. The van der Waals surface area contributed by atoms with E-state index < -0.39 is 21.7 Å². The molecular formula is C11H13NO6S. The average Bonchev–Trinajstić information content (AvgIpc) is 2.81. The second kappa shape index (κ2) is 5.04. The molecule has 104 valence electrons. The Morgan fingerprint density at radius 2 is 1.95 bits per heavy atom. The van der Waals surface area contributed by atoms with Gasteiger partial charge in [0.2, 0.25) is 0 Å². The number of aromatic carboxylic acids is 1. The summed E-state index contributed by atoms with van der Waals surface area (Å²) in [7, 11) is -2.98. The molecule has 1 aliphatic heterocycles. The molecule has 0 unspecified atom stereocenters. The van der Waals surface area contributed by atoms with Gasteiger partial charge in [0.05, 0.1) is 17.1 Å². The fourth-order valence-electron chi connectivity index (χ4n) is 1.86. The van der Waals surface area contributed by atoms with Crippen molar-refractivity contribution in [2.45, 2.75) is 18.9 Å². The summed E-state index contributed by atoms with van der Waals surface area (Å²) in [6, 6.07) is 0.909. The number of hydrogen-bond donors (Lipinski definition) is 2. The Morgan fingerprint density at radius 3 is 2.47 bits per heavy atom. The molecule has 8 heteroatoms. The van der Waals surface area contributed by atoms with Crippen LogP contribution in [0.4, 0.5) is 0 Å². The van der Waals surface area contributed by atoms with Gasteiger partial charge in [0.15, 0.2) is 5.76 Å². The summed E-state index contributed by atoms with van der Waals surface area (Å²) in [5.74, 6) is -1.69. The first-order valence-electron chi connectivity index (χ1n) is 5.70. The molecule has 1 aromatic heterocycles. The zero-order valence-electron chi connectivity index (χ0n) is 9.96. The Morgan fingerprint density at radius 1 is 1.32 bits per heavy atom. The van der Waals surface area contributed by atoms with Crippen molar-refractivity contribution in [3.8, 4) is 0 Å². The monoisotopic (exact) mass is 287 g/mol. The van der Waals surface area contributed by atoms with E-state index in [-0.39, 0.29) is 28.9 Å². The second-order valence-electron chi connectivity index (χ2n) is 4.40. The fraction of sp³-hybridized carbons (Fsp3) is 0.455. The van der Waals surface area contributed by atoms with E-state index in [2.05, 4.69) is 5.32 Å². The van der Waals surface area contributed by atoms with Crippen molar-refractivity contribution in [2.24, 2.45) is 0 Å². The summed E-state index contributed by atoms with van der Waals surface area (Å²) in [4.78, 5) is 22.4. The van der Waals surface area contributed by atoms with Gasteiger partial charge in [0, 0.05) is 12.1 Å². The van der Waals surface area contributed by atoms with Crippen LogP contribution in [0, 0.1) is 0 Å². The lowest BCUT2D eigenvalue weighted by atomic mass is 10.1. The third-order valence-electron chi connectivity index (χ3n) is 2.96. The van der Waals surface area contributed by atoms with Gasteiger partial charge in [0.25, 0.3) is 5.91 Å². The van der Waals surface area contributed by atoms with Gasteiger partial charge in [-0.05, 0) is 12.8 Å². The van der Waals surface area contributed by atoms with Crippen LogP contribution in [0.15, 0.2) is 16.7 Å². The topological polar surface area (TPSA) is 114 Å². The molecule has 0 saturated carbocycles. The first-order valence-corrected chi connectivity index (χ1v) is 7.52. The number of carbonyl (C=O) groups excluding carboxylic acids is 1. The van der Waals surface area contributed by atoms with Crippen molar-refractivity contribution < 1.29 is 27.5 Å². The normalized spacial score (nSPS) is 18.9. The van der Waals surface area contributed by atoms with E-state index >= 15 is 0 Å². The molecule has 0 aliphatic carbocycles.